The van der Waals surface area contributed by atoms with E-state index in [0.717, 1.165) is 11.4 Å². The van der Waals surface area contributed by atoms with E-state index in [2.05, 4.69) is 10.3 Å². The van der Waals surface area contributed by atoms with Crippen molar-refractivity contribution in [3.63, 3.8) is 0 Å². The Labute approximate surface area is 145 Å². The highest BCUT2D eigenvalue weighted by atomic mass is 16.5. The molecule has 1 fully saturated rings. The summed E-state index contributed by atoms with van der Waals surface area (Å²) in [4.78, 5) is 25.0. The Morgan fingerprint density at radius 1 is 1.32 bits per heavy atom. The lowest BCUT2D eigenvalue weighted by Crippen LogP contribution is -2.46. The Bertz CT molecular complexity index is 759. The summed E-state index contributed by atoms with van der Waals surface area (Å²) in [5.74, 6) is -1.03. The number of hydrogen-bond acceptors (Lipinski definition) is 5. The number of morpholine rings is 1. The van der Waals surface area contributed by atoms with Crippen LogP contribution in [0.1, 0.15) is 17.8 Å². The monoisotopic (exact) mass is 344 g/mol. The number of aromatic nitrogens is 3. The zero-order valence-electron chi connectivity index (χ0n) is 14.0. The van der Waals surface area contributed by atoms with Crippen molar-refractivity contribution in [2.24, 2.45) is 0 Å². The van der Waals surface area contributed by atoms with Crippen LogP contribution >= 0.6 is 0 Å². The third kappa shape index (κ3) is 4.03. The lowest BCUT2D eigenvalue weighted by atomic mass is 10.1. The molecule has 3 rings (SSSR count). The number of hydrogen-bond donors (Lipinski definition) is 1. The third-order valence-electron chi connectivity index (χ3n) is 4.20. The Kier molecular flexibility index (Phi) is 5.08. The Morgan fingerprint density at radius 2 is 2.08 bits per heavy atom. The van der Waals surface area contributed by atoms with Gasteiger partial charge in [-0.15, -0.1) is 5.10 Å². The van der Waals surface area contributed by atoms with Crippen LogP contribution in [0.4, 0.5) is 0 Å². The van der Waals surface area contributed by atoms with Crippen LogP contribution in [0.2, 0.25) is 0 Å². The smallest absolute Gasteiger partial charge is 0.306 e. The van der Waals surface area contributed by atoms with E-state index in [9.17, 15) is 9.59 Å². The molecule has 0 radical (unpaired) electrons. The molecule has 1 amide bonds. The highest BCUT2D eigenvalue weighted by Crippen LogP contribution is 2.15. The van der Waals surface area contributed by atoms with Gasteiger partial charge in [-0.1, -0.05) is 23.4 Å². The van der Waals surface area contributed by atoms with Crippen LogP contribution in [-0.2, 0) is 20.7 Å². The molecule has 1 aliphatic heterocycles. The maximum Gasteiger partial charge on any atom is 0.306 e. The summed E-state index contributed by atoms with van der Waals surface area (Å²) in [5, 5.41) is 17.1. The molecule has 8 heteroatoms. The molecule has 8 nitrogen and oxygen atoms in total. The maximum atomic E-state index is 12.5. The minimum absolute atomic E-state index is 0.0955. The quantitative estimate of drug-likeness (QED) is 0.862. The highest BCUT2D eigenvalue weighted by molar-refractivity contribution is 5.79. The molecule has 1 aromatic carbocycles. The van der Waals surface area contributed by atoms with Crippen molar-refractivity contribution in [2.75, 3.05) is 19.7 Å². The Morgan fingerprint density at radius 3 is 2.80 bits per heavy atom. The third-order valence-corrected chi connectivity index (χ3v) is 4.20. The number of amides is 1. The van der Waals surface area contributed by atoms with E-state index in [1.165, 1.54) is 0 Å². The summed E-state index contributed by atoms with van der Waals surface area (Å²) >= 11 is 0. The predicted molar refractivity (Wildman–Crippen MR) is 88.4 cm³/mol. The second-order valence-corrected chi connectivity index (χ2v) is 5.98. The van der Waals surface area contributed by atoms with E-state index in [0.29, 0.717) is 18.8 Å². The number of carboxylic acids is 1. The van der Waals surface area contributed by atoms with Crippen LogP contribution in [0.3, 0.4) is 0 Å². The first-order valence-electron chi connectivity index (χ1n) is 8.12. The molecule has 1 atom stereocenters. The van der Waals surface area contributed by atoms with E-state index < -0.39 is 12.1 Å². The average Bonchev–Trinajstić information content (AvgIpc) is 2.96. The molecule has 1 saturated heterocycles. The van der Waals surface area contributed by atoms with E-state index in [4.69, 9.17) is 9.84 Å². The Hall–Kier alpha value is -2.74. The van der Waals surface area contributed by atoms with Crippen LogP contribution in [0.15, 0.2) is 30.3 Å². The van der Waals surface area contributed by atoms with Gasteiger partial charge in [0.15, 0.2) is 0 Å². The normalized spacial score (nSPS) is 17.5. The molecule has 1 aliphatic rings. The van der Waals surface area contributed by atoms with Crippen molar-refractivity contribution < 1.29 is 19.4 Å². The maximum absolute atomic E-state index is 12.5. The molecule has 0 aliphatic carbocycles. The second-order valence-electron chi connectivity index (χ2n) is 5.98. The molecule has 0 saturated carbocycles. The summed E-state index contributed by atoms with van der Waals surface area (Å²) < 4.78 is 7.10. The molecule has 2 heterocycles. The van der Waals surface area contributed by atoms with Crippen LogP contribution in [0, 0.1) is 6.92 Å². The lowest BCUT2D eigenvalue weighted by Gasteiger charge is -2.32. The molecule has 25 heavy (non-hydrogen) atoms. The minimum Gasteiger partial charge on any atom is -0.481 e. The van der Waals surface area contributed by atoms with Gasteiger partial charge in [0, 0.05) is 13.1 Å². The number of carboxylic acid groups (broad SMARTS) is 1. The predicted octanol–water partition coefficient (Wildman–Crippen LogP) is 0.820. The first kappa shape index (κ1) is 17.1. The number of carbonyl (C=O) groups excluding carboxylic acids is 1. The number of para-hydroxylation sites is 1. The Balaban J connectivity index is 1.67. The molecule has 1 aromatic heterocycles. The van der Waals surface area contributed by atoms with Gasteiger partial charge in [0.2, 0.25) is 5.91 Å². The summed E-state index contributed by atoms with van der Waals surface area (Å²) in [6.45, 7) is 2.97. The van der Waals surface area contributed by atoms with Crippen LogP contribution in [0.25, 0.3) is 5.69 Å². The summed E-state index contributed by atoms with van der Waals surface area (Å²) in [5.41, 5.74) is 2.32. The summed E-state index contributed by atoms with van der Waals surface area (Å²) in [6, 6.07) is 9.60. The highest BCUT2D eigenvalue weighted by Gasteiger charge is 2.27. The van der Waals surface area contributed by atoms with E-state index in [1.807, 2.05) is 37.3 Å². The molecule has 2 aromatic rings. The van der Waals surface area contributed by atoms with Crippen molar-refractivity contribution in [3.05, 3.63) is 41.7 Å². The molecule has 1 N–H and O–H groups in total. The van der Waals surface area contributed by atoms with Crippen molar-refractivity contribution in [2.45, 2.75) is 25.9 Å². The van der Waals surface area contributed by atoms with E-state index in [1.54, 1.807) is 9.58 Å². The van der Waals surface area contributed by atoms with Gasteiger partial charge in [-0.2, -0.15) is 0 Å². The molecule has 132 valence electrons. The fraction of sp³-hybridized carbons (Fsp3) is 0.412. The van der Waals surface area contributed by atoms with Crippen molar-refractivity contribution >= 4 is 11.9 Å². The molecular formula is C17H20N4O4. The van der Waals surface area contributed by atoms with Crippen LogP contribution in [0.5, 0.6) is 0 Å². The van der Waals surface area contributed by atoms with Gasteiger partial charge in [-0.05, 0) is 19.1 Å². The number of ether oxygens (including phenoxy) is 1. The van der Waals surface area contributed by atoms with Crippen molar-refractivity contribution in [1.82, 2.24) is 19.9 Å². The second kappa shape index (κ2) is 7.43. The van der Waals surface area contributed by atoms with Gasteiger partial charge in [0.05, 0.1) is 42.6 Å². The fourth-order valence-electron chi connectivity index (χ4n) is 2.86. The molecule has 0 spiro atoms. The van der Waals surface area contributed by atoms with E-state index >= 15 is 0 Å². The number of nitrogens with zero attached hydrogens (tertiary/aromatic N) is 4. The standard InChI is InChI=1S/C17H20N4O4/c1-12-15(18-19-21(12)13-5-3-2-4-6-13)10-16(22)20-7-8-25-14(11-20)9-17(23)24/h2-6,14H,7-11H2,1H3,(H,23,24). The largest absolute Gasteiger partial charge is 0.481 e. The van der Waals surface area contributed by atoms with Gasteiger partial charge in [0.25, 0.3) is 0 Å². The number of rotatable bonds is 5. The van der Waals surface area contributed by atoms with Gasteiger partial charge < -0.3 is 14.7 Å². The zero-order valence-corrected chi connectivity index (χ0v) is 14.0. The van der Waals surface area contributed by atoms with Gasteiger partial charge in [-0.25, -0.2) is 4.68 Å². The average molecular weight is 344 g/mol. The van der Waals surface area contributed by atoms with Crippen molar-refractivity contribution in [1.29, 1.82) is 0 Å². The summed E-state index contributed by atoms with van der Waals surface area (Å²) in [7, 11) is 0. The fourth-order valence-corrected chi connectivity index (χ4v) is 2.86. The number of carbonyl (C=O) groups is 2. The lowest BCUT2D eigenvalue weighted by molar-refractivity contribution is -0.147. The molecular weight excluding hydrogens is 324 g/mol. The molecule has 0 bridgehead atoms. The first-order chi connectivity index (χ1) is 12.0. The van der Waals surface area contributed by atoms with Gasteiger partial charge in [0.1, 0.15) is 0 Å². The van der Waals surface area contributed by atoms with Gasteiger partial charge >= 0.3 is 5.97 Å². The van der Waals surface area contributed by atoms with E-state index in [-0.39, 0.29) is 25.3 Å². The molecule has 1 unspecified atom stereocenters. The van der Waals surface area contributed by atoms with Crippen LogP contribution < -0.4 is 0 Å². The van der Waals surface area contributed by atoms with Crippen molar-refractivity contribution in [3.8, 4) is 5.69 Å². The first-order valence-corrected chi connectivity index (χ1v) is 8.12. The topological polar surface area (TPSA) is 97.6 Å². The SMILES string of the molecule is Cc1c(CC(=O)N2CCOC(CC(=O)O)C2)nnn1-c1ccccc1. The minimum atomic E-state index is -0.930. The summed E-state index contributed by atoms with van der Waals surface area (Å²) in [6.07, 6.45) is -0.429. The zero-order chi connectivity index (χ0) is 17.8. The van der Waals surface area contributed by atoms with Gasteiger partial charge in [-0.3, -0.25) is 9.59 Å². The number of aliphatic carboxylic acids is 1. The number of benzene rings is 1. The van der Waals surface area contributed by atoms with Crippen LogP contribution in [-0.4, -0.2) is 62.7 Å².